The van der Waals surface area contributed by atoms with Gasteiger partial charge in [0.1, 0.15) is 0 Å². The molecule has 3 heterocycles. The zero-order valence-electron chi connectivity index (χ0n) is 35.7. The van der Waals surface area contributed by atoms with Gasteiger partial charge in [-0.15, -0.1) is 0 Å². The van der Waals surface area contributed by atoms with E-state index >= 15 is 0 Å². The van der Waals surface area contributed by atoms with Crippen molar-refractivity contribution in [3.05, 3.63) is 200 Å². The lowest BCUT2D eigenvalue weighted by Gasteiger charge is -2.19. The molecule has 1 N–H and O–H groups in total. The van der Waals surface area contributed by atoms with Crippen molar-refractivity contribution in [3.63, 3.8) is 0 Å². The van der Waals surface area contributed by atoms with E-state index in [1.54, 1.807) is 0 Å². The summed E-state index contributed by atoms with van der Waals surface area (Å²) in [5.41, 5.74) is 20.5. The minimum absolute atomic E-state index is 0.0466. The van der Waals surface area contributed by atoms with Gasteiger partial charge < -0.3 is 0 Å². The Morgan fingerprint density at radius 1 is 0.344 bits per heavy atom. The van der Waals surface area contributed by atoms with Gasteiger partial charge in [-0.1, -0.05) is 163 Å². The van der Waals surface area contributed by atoms with E-state index in [1.165, 1.54) is 33.4 Å². The SMILES string of the molecule is CC(C)(C)c1ccnc(-c2ccc(-c3ccccc3-c3cc(-c4ccccc4-c4ccc(-c5cc(C(C)(C)C)ccn5)cc4)cc(-c4ccccc4-c4cn[nH]c4)c3)cc2)c1. The average Bonchev–Trinajstić information content (AvgIpc) is 3.84. The van der Waals surface area contributed by atoms with Crippen molar-refractivity contribution in [2.45, 2.75) is 52.4 Å². The summed E-state index contributed by atoms with van der Waals surface area (Å²) in [5.74, 6) is 0. The van der Waals surface area contributed by atoms with Crippen LogP contribution in [-0.4, -0.2) is 20.2 Å². The molecule has 0 radical (unpaired) electrons. The number of nitrogens with one attached hydrogen (secondary N) is 1. The lowest BCUT2D eigenvalue weighted by molar-refractivity contribution is 0.589. The summed E-state index contributed by atoms with van der Waals surface area (Å²) >= 11 is 0. The molecule has 0 fully saturated rings. The Labute approximate surface area is 360 Å². The zero-order valence-corrected chi connectivity index (χ0v) is 35.7. The molecule has 3 aromatic heterocycles. The largest absolute Gasteiger partial charge is 0.285 e. The van der Waals surface area contributed by atoms with Gasteiger partial charge in [-0.05, 0) is 126 Å². The fourth-order valence-electron chi connectivity index (χ4n) is 8.20. The minimum atomic E-state index is 0.0466. The average molecular weight is 791 g/mol. The molecule has 6 aromatic carbocycles. The summed E-state index contributed by atoms with van der Waals surface area (Å²) in [7, 11) is 0. The van der Waals surface area contributed by atoms with Crippen LogP contribution in [0.4, 0.5) is 0 Å². The molecule has 0 unspecified atom stereocenters. The van der Waals surface area contributed by atoms with Crippen molar-refractivity contribution in [2.24, 2.45) is 0 Å². The number of nitrogens with zero attached hydrogens (tertiary/aromatic N) is 3. The highest BCUT2D eigenvalue weighted by Gasteiger charge is 2.19. The number of hydrogen-bond donors (Lipinski definition) is 1. The lowest BCUT2D eigenvalue weighted by Crippen LogP contribution is -2.11. The molecule has 9 aromatic rings. The smallest absolute Gasteiger partial charge is 0.0704 e. The van der Waals surface area contributed by atoms with Gasteiger partial charge in [0.25, 0.3) is 0 Å². The monoisotopic (exact) mass is 790 g/mol. The number of pyridine rings is 2. The molecule has 0 aliphatic carbocycles. The highest BCUT2D eigenvalue weighted by atomic mass is 15.1. The molecule has 4 heteroatoms. The van der Waals surface area contributed by atoms with Crippen LogP contribution in [0.25, 0.3) is 89.3 Å². The van der Waals surface area contributed by atoms with Crippen molar-refractivity contribution in [3.8, 4) is 89.3 Å². The lowest BCUT2D eigenvalue weighted by atomic mass is 9.86. The molecule has 298 valence electrons. The molecule has 0 saturated carbocycles. The van der Waals surface area contributed by atoms with Gasteiger partial charge in [-0.25, -0.2) is 0 Å². The molecule has 0 saturated heterocycles. The first-order valence-corrected chi connectivity index (χ1v) is 21.1. The quantitative estimate of drug-likeness (QED) is 0.167. The fraction of sp³-hybridized carbons (Fsp3) is 0.140. The number of rotatable bonds is 8. The van der Waals surface area contributed by atoms with Gasteiger partial charge in [0, 0.05) is 35.3 Å². The van der Waals surface area contributed by atoms with E-state index in [0.717, 1.165) is 67.0 Å². The van der Waals surface area contributed by atoms with Crippen LogP contribution in [-0.2, 0) is 10.8 Å². The van der Waals surface area contributed by atoms with Gasteiger partial charge >= 0.3 is 0 Å². The van der Waals surface area contributed by atoms with Crippen LogP contribution >= 0.6 is 0 Å². The highest BCUT2D eigenvalue weighted by molar-refractivity contribution is 5.94. The third-order valence-electron chi connectivity index (χ3n) is 11.7. The Kier molecular flexibility index (Phi) is 10.4. The molecule has 0 bridgehead atoms. The topological polar surface area (TPSA) is 54.5 Å². The second-order valence-corrected chi connectivity index (χ2v) is 17.9. The summed E-state index contributed by atoms with van der Waals surface area (Å²) in [6.07, 6.45) is 7.70. The van der Waals surface area contributed by atoms with Gasteiger partial charge in [-0.2, -0.15) is 5.10 Å². The van der Waals surface area contributed by atoms with Crippen molar-refractivity contribution in [1.29, 1.82) is 0 Å². The Morgan fingerprint density at radius 2 is 0.672 bits per heavy atom. The summed E-state index contributed by atoms with van der Waals surface area (Å²) in [4.78, 5) is 9.49. The molecule has 0 spiro atoms. The van der Waals surface area contributed by atoms with Crippen LogP contribution in [0.2, 0.25) is 0 Å². The van der Waals surface area contributed by atoms with Crippen LogP contribution in [0.3, 0.4) is 0 Å². The summed E-state index contributed by atoms with van der Waals surface area (Å²) in [5, 5.41) is 7.32. The van der Waals surface area contributed by atoms with E-state index in [2.05, 4.69) is 216 Å². The van der Waals surface area contributed by atoms with E-state index in [0.29, 0.717) is 0 Å². The number of aromatic amines is 1. The van der Waals surface area contributed by atoms with Gasteiger partial charge in [0.05, 0.1) is 17.6 Å². The Bertz CT molecular complexity index is 2800. The van der Waals surface area contributed by atoms with Crippen molar-refractivity contribution < 1.29 is 0 Å². The molecular weight excluding hydrogens is 741 g/mol. The molecular formula is C57H50N4. The van der Waals surface area contributed by atoms with Crippen LogP contribution in [0, 0.1) is 0 Å². The van der Waals surface area contributed by atoms with Crippen molar-refractivity contribution in [2.75, 3.05) is 0 Å². The molecule has 0 amide bonds. The van der Waals surface area contributed by atoms with E-state index in [-0.39, 0.29) is 10.8 Å². The molecule has 9 rings (SSSR count). The van der Waals surface area contributed by atoms with Crippen LogP contribution in [0.15, 0.2) is 189 Å². The number of benzene rings is 6. The molecule has 61 heavy (non-hydrogen) atoms. The summed E-state index contributed by atoms with van der Waals surface area (Å²) in [6.45, 7) is 13.4. The van der Waals surface area contributed by atoms with Crippen molar-refractivity contribution in [1.82, 2.24) is 20.2 Å². The maximum absolute atomic E-state index is 4.74. The molecule has 4 nitrogen and oxygen atoms in total. The zero-order chi connectivity index (χ0) is 42.1. The van der Waals surface area contributed by atoms with E-state index in [9.17, 15) is 0 Å². The van der Waals surface area contributed by atoms with E-state index in [4.69, 9.17) is 9.97 Å². The van der Waals surface area contributed by atoms with Gasteiger partial charge in [0.15, 0.2) is 0 Å². The number of H-pyrrole nitrogens is 1. The van der Waals surface area contributed by atoms with Gasteiger partial charge in [-0.3, -0.25) is 15.1 Å². The second-order valence-electron chi connectivity index (χ2n) is 17.9. The fourth-order valence-corrected chi connectivity index (χ4v) is 8.20. The Hall–Kier alpha value is -7.17. The summed E-state index contributed by atoms with van der Waals surface area (Å²) in [6, 6.07) is 59.5. The maximum Gasteiger partial charge on any atom is 0.0704 e. The minimum Gasteiger partial charge on any atom is -0.285 e. The van der Waals surface area contributed by atoms with Crippen LogP contribution < -0.4 is 0 Å². The normalized spacial score (nSPS) is 11.8. The number of aromatic nitrogens is 4. The van der Waals surface area contributed by atoms with Crippen molar-refractivity contribution >= 4 is 0 Å². The van der Waals surface area contributed by atoms with Gasteiger partial charge in [0.2, 0.25) is 0 Å². The maximum atomic E-state index is 4.74. The second kappa shape index (κ2) is 16.1. The van der Waals surface area contributed by atoms with E-state index < -0.39 is 0 Å². The van der Waals surface area contributed by atoms with Crippen LogP contribution in [0.5, 0.6) is 0 Å². The van der Waals surface area contributed by atoms with E-state index in [1.807, 2.05) is 24.8 Å². The standard InChI is InChI=1S/C57H50N4/c1-56(2,3)46-27-29-58-54(34-46)40-23-19-38(20-24-40)48-13-7-9-15-50(48)42-31-43(33-44(32-42)52-17-11-12-18-53(52)45-36-60-61-37-45)51-16-10-8-14-49(51)39-21-25-41(26-22-39)55-35-47(28-30-59-55)57(4,5)6/h7-37H,1-6H3,(H,60,61). The first-order valence-electron chi connectivity index (χ1n) is 21.1. The predicted octanol–water partition coefficient (Wildman–Crippen LogP) is 15.1. The number of hydrogen-bond acceptors (Lipinski definition) is 3. The highest BCUT2D eigenvalue weighted by Crippen LogP contribution is 2.42. The first-order chi connectivity index (χ1) is 29.5. The third-order valence-corrected chi connectivity index (χ3v) is 11.7. The third kappa shape index (κ3) is 8.22. The Balaban J connectivity index is 1.16. The predicted molar refractivity (Wildman–Crippen MR) is 255 cm³/mol. The molecule has 0 aliphatic heterocycles. The molecule has 0 atom stereocenters. The first kappa shape index (κ1) is 39.3. The molecule has 0 aliphatic rings. The van der Waals surface area contributed by atoms with Crippen LogP contribution in [0.1, 0.15) is 52.7 Å². The Morgan fingerprint density at radius 3 is 1.00 bits per heavy atom. The summed E-state index contributed by atoms with van der Waals surface area (Å²) < 4.78 is 0.